The van der Waals surface area contributed by atoms with Gasteiger partial charge in [0.05, 0.1) is 17.8 Å². The number of amides is 2. The van der Waals surface area contributed by atoms with Crippen molar-refractivity contribution in [3.05, 3.63) is 17.8 Å². The number of aromatic nitrogens is 2. The minimum absolute atomic E-state index is 0.0183. The largest absolute Gasteiger partial charge is 0.377 e. The monoisotopic (exact) mass is 347 g/mol. The van der Waals surface area contributed by atoms with Crippen LogP contribution in [0.4, 0.5) is 10.6 Å². The second kappa shape index (κ2) is 7.56. The van der Waals surface area contributed by atoms with Crippen LogP contribution in [0.2, 0.25) is 0 Å². The minimum Gasteiger partial charge on any atom is -0.377 e. The van der Waals surface area contributed by atoms with Crippen LogP contribution >= 0.6 is 0 Å². The molecule has 0 aliphatic carbocycles. The third kappa shape index (κ3) is 4.39. The van der Waals surface area contributed by atoms with Gasteiger partial charge < -0.3 is 19.9 Å². The van der Waals surface area contributed by atoms with Crippen molar-refractivity contribution >= 4 is 11.8 Å². The Bertz CT molecular complexity index is 594. The Balaban J connectivity index is 1.57. The molecule has 1 aromatic heterocycles. The topological polar surface area (TPSA) is 70.6 Å². The zero-order valence-electron chi connectivity index (χ0n) is 15.5. The van der Waals surface area contributed by atoms with E-state index in [4.69, 9.17) is 4.74 Å². The number of nitrogens with one attached hydrogen (secondary N) is 1. The average Bonchev–Trinajstić information content (AvgIpc) is 2.62. The summed E-state index contributed by atoms with van der Waals surface area (Å²) in [5, 5.41) is 11.6. The molecule has 0 radical (unpaired) electrons. The molecule has 0 unspecified atom stereocenters. The van der Waals surface area contributed by atoms with Gasteiger partial charge in [-0.15, -0.1) is 5.10 Å². The lowest BCUT2D eigenvalue weighted by molar-refractivity contribution is -0.0403. The van der Waals surface area contributed by atoms with Crippen LogP contribution in [0.25, 0.3) is 0 Å². The number of ether oxygens (including phenoxy) is 1. The number of rotatable bonds is 3. The van der Waals surface area contributed by atoms with E-state index in [1.165, 1.54) is 0 Å². The number of anilines is 1. The molecule has 138 valence electrons. The van der Waals surface area contributed by atoms with Crippen molar-refractivity contribution in [2.75, 3.05) is 38.2 Å². The summed E-state index contributed by atoms with van der Waals surface area (Å²) in [4.78, 5) is 16.8. The number of carbonyl (C=O) groups excluding carboxylic acids is 1. The van der Waals surface area contributed by atoms with Crippen LogP contribution in [0.5, 0.6) is 0 Å². The zero-order valence-corrected chi connectivity index (χ0v) is 15.5. The number of likely N-dealkylation sites (tertiary alicyclic amines) is 1. The van der Waals surface area contributed by atoms with Gasteiger partial charge in [-0.1, -0.05) is 0 Å². The molecule has 0 spiro atoms. The Morgan fingerprint density at radius 1 is 1.32 bits per heavy atom. The van der Waals surface area contributed by atoms with E-state index in [-0.39, 0.29) is 17.7 Å². The highest BCUT2D eigenvalue weighted by Gasteiger charge is 2.34. The molecule has 2 aliphatic heterocycles. The van der Waals surface area contributed by atoms with Crippen molar-refractivity contribution in [3.8, 4) is 0 Å². The number of urea groups is 1. The van der Waals surface area contributed by atoms with Gasteiger partial charge in [0.2, 0.25) is 0 Å². The lowest BCUT2D eigenvalue weighted by Gasteiger charge is -2.40. The van der Waals surface area contributed by atoms with Gasteiger partial charge in [-0.3, -0.25) is 0 Å². The fraction of sp³-hybridized carbons (Fsp3) is 0.722. The first-order chi connectivity index (χ1) is 12.0. The van der Waals surface area contributed by atoms with Crippen molar-refractivity contribution in [2.45, 2.75) is 51.2 Å². The molecule has 3 rings (SSSR count). The van der Waals surface area contributed by atoms with Gasteiger partial charge in [-0.25, -0.2) is 4.79 Å². The molecule has 2 atom stereocenters. The molecule has 7 heteroatoms. The third-order valence-corrected chi connectivity index (χ3v) is 5.30. The van der Waals surface area contributed by atoms with Gasteiger partial charge in [0, 0.05) is 32.8 Å². The summed E-state index contributed by atoms with van der Waals surface area (Å²) in [5.74, 6) is 0.884. The molecule has 0 bridgehead atoms. The van der Waals surface area contributed by atoms with Crippen LogP contribution in [0.1, 0.15) is 38.3 Å². The number of hydrogen-bond donors (Lipinski definition) is 1. The molecule has 1 N–H and O–H groups in total. The van der Waals surface area contributed by atoms with Crippen molar-refractivity contribution in [1.29, 1.82) is 0 Å². The smallest absolute Gasteiger partial charge is 0.317 e. The average molecular weight is 347 g/mol. The number of hydrogen-bond acceptors (Lipinski definition) is 5. The number of aryl methyl sites for hydroxylation is 1. The second-order valence-corrected chi connectivity index (χ2v) is 7.45. The molecule has 25 heavy (non-hydrogen) atoms. The normalized spacial score (nSPS) is 27.2. The van der Waals surface area contributed by atoms with E-state index >= 15 is 0 Å². The first kappa shape index (κ1) is 17.9. The van der Waals surface area contributed by atoms with Crippen molar-refractivity contribution in [1.82, 2.24) is 20.4 Å². The Kier molecular flexibility index (Phi) is 5.42. The predicted molar refractivity (Wildman–Crippen MR) is 96.8 cm³/mol. The zero-order chi connectivity index (χ0) is 17.9. The Labute approximate surface area is 149 Å². The van der Waals surface area contributed by atoms with Crippen LogP contribution in [0.3, 0.4) is 0 Å². The van der Waals surface area contributed by atoms with Crippen LogP contribution in [0, 0.1) is 6.92 Å². The van der Waals surface area contributed by atoms with E-state index in [1.54, 1.807) is 7.11 Å². The first-order valence-corrected chi connectivity index (χ1v) is 9.15. The lowest BCUT2D eigenvalue weighted by Crippen LogP contribution is -2.56. The summed E-state index contributed by atoms with van der Waals surface area (Å²) in [6.45, 7) is 7.18. The van der Waals surface area contributed by atoms with Crippen molar-refractivity contribution in [3.63, 3.8) is 0 Å². The first-order valence-electron chi connectivity index (χ1n) is 9.15. The maximum absolute atomic E-state index is 12.7. The summed E-state index contributed by atoms with van der Waals surface area (Å²) in [7, 11) is 1.73. The van der Waals surface area contributed by atoms with Gasteiger partial charge in [-0.05, 0) is 51.7 Å². The maximum Gasteiger partial charge on any atom is 0.317 e. The summed E-state index contributed by atoms with van der Waals surface area (Å²) < 4.78 is 5.59. The van der Waals surface area contributed by atoms with Crippen molar-refractivity contribution in [2.24, 2.45) is 0 Å². The van der Waals surface area contributed by atoms with Crippen LogP contribution in [-0.4, -0.2) is 66.1 Å². The summed E-state index contributed by atoms with van der Waals surface area (Å²) in [6.07, 6.45) is 4.01. The Morgan fingerprint density at radius 3 is 2.88 bits per heavy atom. The molecular formula is C18H29N5O2. The summed E-state index contributed by atoms with van der Waals surface area (Å²) in [5.41, 5.74) is 0.683. The minimum atomic E-state index is -0.230. The predicted octanol–water partition coefficient (Wildman–Crippen LogP) is 1.96. The van der Waals surface area contributed by atoms with Crippen LogP contribution < -0.4 is 10.2 Å². The fourth-order valence-corrected chi connectivity index (χ4v) is 3.68. The quantitative estimate of drug-likeness (QED) is 0.905. The standard InChI is InChI=1S/C18H29N5O2/c1-14-7-8-16(21-20-14)22-10-4-6-15(12-22)19-17(24)23-11-5-9-18(2,13-23)25-3/h7-8,15H,4-6,9-13H2,1-3H3,(H,19,24)/t15-,18-/m1/s1. The second-order valence-electron chi connectivity index (χ2n) is 7.45. The molecule has 2 fully saturated rings. The van der Waals surface area contributed by atoms with E-state index in [1.807, 2.05) is 24.0 Å². The van der Waals surface area contributed by atoms with Gasteiger partial charge in [0.25, 0.3) is 0 Å². The Hall–Kier alpha value is -1.89. The molecule has 2 amide bonds. The number of piperidine rings is 2. The number of carbonyl (C=O) groups is 1. The molecule has 2 saturated heterocycles. The van der Waals surface area contributed by atoms with E-state index < -0.39 is 0 Å². The highest BCUT2D eigenvalue weighted by molar-refractivity contribution is 5.75. The SMILES string of the molecule is CO[C@]1(C)CCCN(C(=O)N[C@@H]2CCCN(c3ccc(C)nn3)C2)C1. The van der Waals surface area contributed by atoms with E-state index in [9.17, 15) is 4.79 Å². The number of nitrogens with zero attached hydrogens (tertiary/aromatic N) is 4. The Morgan fingerprint density at radius 2 is 2.16 bits per heavy atom. The van der Waals surface area contributed by atoms with Crippen LogP contribution in [-0.2, 0) is 4.74 Å². The highest BCUT2D eigenvalue weighted by atomic mass is 16.5. The summed E-state index contributed by atoms with van der Waals surface area (Å²) >= 11 is 0. The molecule has 2 aliphatic rings. The van der Waals surface area contributed by atoms with Crippen LogP contribution in [0.15, 0.2) is 12.1 Å². The highest BCUT2D eigenvalue weighted by Crippen LogP contribution is 2.24. The van der Waals surface area contributed by atoms with Gasteiger partial charge in [-0.2, -0.15) is 5.10 Å². The molecule has 3 heterocycles. The summed E-state index contributed by atoms with van der Waals surface area (Å²) in [6, 6.07) is 4.13. The molecule has 1 aromatic rings. The molecule has 0 aromatic carbocycles. The van der Waals surface area contributed by atoms with Crippen molar-refractivity contribution < 1.29 is 9.53 Å². The lowest BCUT2D eigenvalue weighted by atomic mass is 9.95. The molecule has 7 nitrogen and oxygen atoms in total. The van der Waals surface area contributed by atoms with E-state index in [0.717, 1.165) is 56.8 Å². The number of methoxy groups -OCH3 is 1. The van der Waals surface area contributed by atoms with Gasteiger partial charge in [0.15, 0.2) is 5.82 Å². The third-order valence-electron chi connectivity index (χ3n) is 5.30. The van der Waals surface area contributed by atoms with Gasteiger partial charge in [0.1, 0.15) is 0 Å². The van der Waals surface area contributed by atoms with E-state index in [0.29, 0.717) is 6.54 Å². The molecule has 0 saturated carbocycles. The fourth-order valence-electron chi connectivity index (χ4n) is 3.68. The van der Waals surface area contributed by atoms with E-state index in [2.05, 4.69) is 27.3 Å². The maximum atomic E-state index is 12.7. The molecular weight excluding hydrogens is 318 g/mol. The van der Waals surface area contributed by atoms with Gasteiger partial charge >= 0.3 is 6.03 Å².